The van der Waals surface area contributed by atoms with Crippen LogP contribution >= 0.6 is 0 Å². The fourth-order valence-corrected chi connectivity index (χ4v) is 2.17. The first kappa shape index (κ1) is 14.9. The summed E-state index contributed by atoms with van der Waals surface area (Å²) in [5.74, 6) is -0.424. The molecule has 0 unspecified atom stereocenters. The van der Waals surface area contributed by atoms with Crippen LogP contribution in [0.25, 0.3) is 0 Å². The number of hydrogen-bond donors (Lipinski definition) is 0. The van der Waals surface area contributed by atoms with E-state index < -0.39 is 0 Å². The molecule has 0 aromatic carbocycles. The van der Waals surface area contributed by atoms with Crippen molar-refractivity contribution in [3.8, 4) is 0 Å². The highest BCUT2D eigenvalue weighted by atomic mass is 16.5. The van der Waals surface area contributed by atoms with Crippen LogP contribution in [0.4, 0.5) is 0 Å². The Morgan fingerprint density at radius 2 is 1.39 bits per heavy atom. The number of imide groups is 1. The van der Waals surface area contributed by atoms with Crippen LogP contribution in [0.5, 0.6) is 0 Å². The molecule has 0 spiro atoms. The van der Waals surface area contributed by atoms with Crippen LogP contribution < -0.4 is 0 Å². The van der Waals surface area contributed by atoms with E-state index in [1.54, 1.807) is 28.1 Å². The van der Waals surface area contributed by atoms with Gasteiger partial charge in [0.25, 0.3) is 11.8 Å². The minimum Gasteiger partial charge on any atom is -0.384 e. The van der Waals surface area contributed by atoms with E-state index in [-0.39, 0.29) is 17.2 Å². The van der Waals surface area contributed by atoms with Gasteiger partial charge in [-0.25, -0.2) is 0 Å². The number of nitrogens with zero attached hydrogens (tertiary/aromatic N) is 1. The van der Waals surface area contributed by atoms with Crippen LogP contribution in [-0.2, 0) is 19.1 Å². The number of carbonyl (C=O) groups is 2. The third-order valence-electron chi connectivity index (χ3n) is 3.22. The molecule has 1 heterocycles. The van der Waals surface area contributed by atoms with Gasteiger partial charge in [0.15, 0.2) is 0 Å². The lowest BCUT2D eigenvalue weighted by Gasteiger charge is -2.31. The quantitative estimate of drug-likeness (QED) is 0.664. The number of ether oxygens (including phenoxy) is 2. The topological polar surface area (TPSA) is 55.8 Å². The molecule has 2 amide bonds. The highest BCUT2D eigenvalue weighted by Crippen LogP contribution is 2.26. The second-order valence-corrected chi connectivity index (χ2v) is 5.12. The smallest absolute Gasteiger partial charge is 0.256 e. The third kappa shape index (κ3) is 2.79. The van der Waals surface area contributed by atoms with Crippen molar-refractivity contribution in [3.05, 3.63) is 11.1 Å². The van der Waals surface area contributed by atoms with Gasteiger partial charge in [0.05, 0.1) is 13.2 Å². The van der Waals surface area contributed by atoms with Crippen LogP contribution in [0.1, 0.15) is 20.8 Å². The molecular formula is C13H21NO4. The minimum absolute atomic E-state index is 0.212. The van der Waals surface area contributed by atoms with Gasteiger partial charge in [-0.15, -0.1) is 0 Å². The highest BCUT2D eigenvalue weighted by Gasteiger charge is 2.38. The maximum Gasteiger partial charge on any atom is 0.256 e. The van der Waals surface area contributed by atoms with E-state index in [1.165, 1.54) is 4.90 Å². The van der Waals surface area contributed by atoms with Crippen molar-refractivity contribution < 1.29 is 19.1 Å². The molecule has 0 aromatic heterocycles. The fraction of sp³-hybridized carbons (Fsp3) is 0.692. The normalized spacial score (nSPS) is 17.1. The second kappa shape index (κ2) is 5.63. The molecule has 0 fully saturated rings. The van der Waals surface area contributed by atoms with Crippen molar-refractivity contribution in [2.24, 2.45) is 5.41 Å². The SMILES string of the molecule is COCC(C)(COC)CN1C(=O)C(C)=C(C)C1=O. The molecule has 5 nitrogen and oxygen atoms in total. The molecule has 0 saturated heterocycles. The fourth-order valence-electron chi connectivity index (χ4n) is 2.17. The van der Waals surface area contributed by atoms with E-state index in [4.69, 9.17) is 9.47 Å². The summed E-state index contributed by atoms with van der Waals surface area (Å²) in [5.41, 5.74) is 0.661. The van der Waals surface area contributed by atoms with Crippen LogP contribution in [-0.4, -0.2) is 50.7 Å². The molecule has 1 rings (SSSR count). The summed E-state index contributed by atoms with van der Waals surface area (Å²) in [6.07, 6.45) is 0. The van der Waals surface area contributed by atoms with Gasteiger partial charge in [0.2, 0.25) is 0 Å². The predicted octanol–water partition coefficient (Wildman–Crippen LogP) is 0.991. The summed E-state index contributed by atoms with van der Waals surface area (Å²) in [7, 11) is 3.19. The summed E-state index contributed by atoms with van der Waals surface area (Å²) in [6.45, 7) is 6.45. The largest absolute Gasteiger partial charge is 0.384 e. The molecule has 0 aromatic rings. The van der Waals surface area contributed by atoms with Crippen molar-refractivity contribution in [2.45, 2.75) is 20.8 Å². The molecular weight excluding hydrogens is 234 g/mol. The van der Waals surface area contributed by atoms with E-state index in [9.17, 15) is 9.59 Å². The molecule has 0 radical (unpaired) electrons. The lowest BCUT2D eigenvalue weighted by Crippen LogP contribution is -2.44. The summed E-state index contributed by atoms with van der Waals surface area (Å²) in [4.78, 5) is 25.2. The molecule has 1 aliphatic heterocycles. The first-order chi connectivity index (χ1) is 8.36. The van der Waals surface area contributed by atoms with Crippen molar-refractivity contribution in [1.82, 2.24) is 4.90 Å². The summed E-state index contributed by atoms with van der Waals surface area (Å²) >= 11 is 0. The number of methoxy groups -OCH3 is 2. The Labute approximate surface area is 108 Å². The van der Waals surface area contributed by atoms with Gasteiger partial charge in [0, 0.05) is 37.3 Å². The van der Waals surface area contributed by atoms with Crippen LogP contribution in [0, 0.1) is 5.41 Å². The van der Waals surface area contributed by atoms with E-state index in [0.29, 0.717) is 30.9 Å². The first-order valence-electron chi connectivity index (χ1n) is 5.88. The lowest BCUT2D eigenvalue weighted by atomic mass is 9.92. The zero-order valence-corrected chi connectivity index (χ0v) is 11.7. The number of carbonyl (C=O) groups excluding carboxylic acids is 2. The zero-order valence-electron chi connectivity index (χ0n) is 11.7. The van der Waals surface area contributed by atoms with Gasteiger partial charge >= 0.3 is 0 Å². The Kier molecular flexibility index (Phi) is 4.65. The second-order valence-electron chi connectivity index (χ2n) is 5.12. The molecule has 18 heavy (non-hydrogen) atoms. The molecule has 1 aliphatic rings. The minimum atomic E-state index is -0.389. The van der Waals surface area contributed by atoms with Crippen molar-refractivity contribution in [2.75, 3.05) is 34.0 Å². The summed E-state index contributed by atoms with van der Waals surface area (Å²) < 4.78 is 10.3. The standard InChI is InChI=1S/C13H21NO4/c1-9-10(2)12(16)14(11(9)15)6-13(3,7-17-4)8-18-5/h6-8H2,1-5H3. The van der Waals surface area contributed by atoms with Gasteiger partial charge in [-0.2, -0.15) is 0 Å². The Balaban J connectivity index is 2.84. The molecule has 0 bridgehead atoms. The molecule has 5 heteroatoms. The zero-order chi connectivity index (χ0) is 13.9. The van der Waals surface area contributed by atoms with Gasteiger partial charge in [-0.05, 0) is 13.8 Å². The number of hydrogen-bond acceptors (Lipinski definition) is 4. The van der Waals surface area contributed by atoms with Gasteiger partial charge in [-0.1, -0.05) is 6.92 Å². The predicted molar refractivity (Wildman–Crippen MR) is 67.0 cm³/mol. The molecule has 0 atom stereocenters. The maximum absolute atomic E-state index is 12.0. The van der Waals surface area contributed by atoms with Gasteiger partial charge in [-0.3, -0.25) is 14.5 Å². The van der Waals surface area contributed by atoms with Gasteiger partial charge in [0.1, 0.15) is 0 Å². The number of amides is 2. The average Bonchev–Trinajstić information content (AvgIpc) is 2.48. The molecule has 0 saturated carbocycles. The van der Waals surface area contributed by atoms with Crippen molar-refractivity contribution in [1.29, 1.82) is 0 Å². The Morgan fingerprint density at radius 3 is 1.72 bits per heavy atom. The van der Waals surface area contributed by atoms with Crippen molar-refractivity contribution >= 4 is 11.8 Å². The maximum atomic E-state index is 12.0. The summed E-state index contributed by atoms with van der Waals surface area (Å²) in [6, 6.07) is 0. The van der Waals surface area contributed by atoms with Crippen LogP contribution in [0.2, 0.25) is 0 Å². The van der Waals surface area contributed by atoms with Gasteiger partial charge < -0.3 is 9.47 Å². The Hall–Kier alpha value is -1.20. The molecule has 0 N–H and O–H groups in total. The monoisotopic (exact) mass is 255 g/mol. The molecule has 0 aliphatic carbocycles. The average molecular weight is 255 g/mol. The Morgan fingerprint density at radius 1 is 1.00 bits per heavy atom. The van der Waals surface area contributed by atoms with E-state index in [1.807, 2.05) is 6.92 Å². The molecule has 102 valence electrons. The van der Waals surface area contributed by atoms with E-state index in [0.717, 1.165) is 0 Å². The van der Waals surface area contributed by atoms with Crippen molar-refractivity contribution in [3.63, 3.8) is 0 Å². The van der Waals surface area contributed by atoms with Crippen LogP contribution in [0.3, 0.4) is 0 Å². The highest BCUT2D eigenvalue weighted by molar-refractivity contribution is 6.18. The van der Waals surface area contributed by atoms with E-state index in [2.05, 4.69) is 0 Å². The summed E-state index contributed by atoms with van der Waals surface area (Å²) in [5, 5.41) is 0. The lowest BCUT2D eigenvalue weighted by molar-refractivity contribution is -0.140. The third-order valence-corrected chi connectivity index (χ3v) is 3.22. The van der Waals surface area contributed by atoms with E-state index >= 15 is 0 Å². The van der Waals surface area contributed by atoms with Crippen LogP contribution in [0.15, 0.2) is 11.1 Å². The first-order valence-corrected chi connectivity index (χ1v) is 5.88. The Bertz CT molecular complexity index is 356. The number of rotatable bonds is 6.